The van der Waals surface area contributed by atoms with Crippen molar-refractivity contribution in [3.63, 3.8) is 0 Å². The number of hydrogen-bond acceptors (Lipinski definition) is 3. The highest BCUT2D eigenvalue weighted by molar-refractivity contribution is 9.10. The molecule has 0 unspecified atom stereocenters. The highest BCUT2D eigenvalue weighted by atomic mass is 79.9. The van der Waals surface area contributed by atoms with Crippen LogP contribution in [0.4, 0.5) is 5.69 Å². The average Bonchev–Trinajstić information content (AvgIpc) is 2.75. The van der Waals surface area contributed by atoms with Gasteiger partial charge in [0, 0.05) is 0 Å². The molecule has 0 saturated carbocycles. The molecule has 0 heterocycles. The number of carbonyl (C=O) groups is 1. The van der Waals surface area contributed by atoms with Crippen LogP contribution in [-0.2, 0) is 4.79 Å². The highest BCUT2D eigenvalue weighted by Gasteiger charge is 2.10. The number of nitrogens with one attached hydrogen (secondary N) is 1. The summed E-state index contributed by atoms with van der Waals surface area (Å²) >= 11 is 3.53. The third-order valence-electron chi connectivity index (χ3n) is 4.31. The van der Waals surface area contributed by atoms with Gasteiger partial charge in [0.1, 0.15) is 11.5 Å². The molecule has 0 aromatic heterocycles. The maximum absolute atomic E-state index is 12.4. The zero-order valence-corrected chi connectivity index (χ0v) is 17.9. The van der Waals surface area contributed by atoms with Gasteiger partial charge >= 0.3 is 0 Å². The van der Waals surface area contributed by atoms with E-state index in [0.717, 1.165) is 28.4 Å². The summed E-state index contributed by atoms with van der Waals surface area (Å²) in [6.07, 6.45) is 2.03. The normalized spacial score (nSPS) is 10.4. The van der Waals surface area contributed by atoms with Crippen molar-refractivity contribution in [3.05, 3.63) is 77.3 Å². The van der Waals surface area contributed by atoms with E-state index in [1.807, 2.05) is 60.7 Å². The third-order valence-corrected chi connectivity index (χ3v) is 4.93. The van der Waals surface area contributed by atoms with Gasteiger partial charge in [-0.3, -0.25) is 4.79 Å². The van der Waals surface area contributed by atoms with Gasteiger partial charge in [0.15, 0.2) is 6.61 Å². The lowest BCUT2D eigenvalue weighted by Crippen LogP contribution is -2.20. The average molecular weight is 454 g/mol. The molecule has 0 bridgehead atoms. The van der Waals surface area contributed by atoms with Crippen LogP contribution in [0.5, 0.6) is 11.5 Å². The van der Waals surface area contributed by atoms with Crippen LogP contribution in [0.15, 0.2) is 77.3 Å². The van der Waals surface area contributed by atoms with E-state index in [9.17, 15) is 4.79 Å². The van der Waals surface area contributed by atoms with Gasteiger partial charge in [0.05, 0.1) is 16.8 Å². The largest absolute Gasteiger partial charge is 0.491 e. The minimum Gasteiger partial charge on any atom is -0.491 e. The van der Waals surface area contributed by atoms with Gasteiger partial charge in [-0.05, 0) is 57.7 Å². The number of amides is 1. The molecule has 0 aliphatic rings. The van der Waals surface area contributed by atoms with E-state index in [2.05, 4.69) is 40.3 Å². The Morgan fingerprint density at radius 1 is 0.897 bits per heavy atom. The van der Waals surface area contributed by atoms with Crippen molar-refractivity contribution in [2.45, 2.75) is 19.8 Å². The zero-order valence-electron chi connectivity index (χ0n) is 16.4. The molecule has 3 rings (SSSR count). The molecule has 0 spiro atoms. The van der Waals surface area contributed by atoms with Crippen LogP contribution < -0.4 is 14.8 Å². The summed E-state index contributed by atoms with van der Waals surface area (Å²) in [5.74, 6) is 1.05. The Balaban J connectivity index is 1.59. The lowest BCUT2D eigenvalue weighted by molar-refractivity contribution is -0.118. The maximum Gasteiger partial charge on any atom is 0.262 e. The molecule has 1 amide bonds. The van der Waals surface area contributed by atoms with Crippen molar-refractivity contribution in [3.8, 4) is 22.6 Å². The van der Waals surface area contributed by atoms with Crippen molar-refractivity contribution in [2.24, 2.45) is 0 Å². The molecule has 1 N–H and O–H groups in total. The predicted molar refractivity (Wildman–Crippen MR) is 121 cm³/mol. The molecule has 0 saturated heterocycles. The summed E-state index contributed by atoms with van der Waals surface area (Å²) in [5.41, 5.74) is 2.85. The molecule has 0 atom stereocenters. The Morgan fingerprint density at radius 3 is 2.41 bits per heavy atom. The van der Waals surface area contributed by atoms with Crippen LogP contribution >= 0.6 is 15.9 Å². The lowest BCUT2D eigenvalue weighted by atomic mass is 10.1. The van der Waals surface area contributed by atoms with Crippen LogP contribution in [0.3, 0.4) is 0 Å². The van der Waals surface area contributed by atoms with Crippen molar-refractivity contribution in [1.29, 1.82) is 0 Å². The molecule has 4 nitrogen and oxygen atoms in total. The third kappa shape index (κ3) is 6.09. The number of unbranched alkanes of at least 4 members (excludes halogenated alkanes) is 1. The molecule has 3 aromatic carbocycles. The van der Waals surface area contributed by atoms with Gasteiger partial charge in [0.2, 0.25) is 0 Å². The second-order valence-corrected chi connectivity index (χ2v) is 7.40. The summed E-state index contributed by atoms with van der Waals surface area (Å²) in [5, 5.41) is 2.86. The van der Waals surface area contributed by atoms with E-state index < -0.39 is 0 Å². The summed E-state index contributed by atoms with van der Waals surface area (Å²) in [4.78, 5) is 12.4. The number of halogens is 1. The fraction of sp³-hybridized carbons (Fsp3) is 0.208. The topological polar surface area (TPSA) is 47.6 Å². The first kappa shape index (κ1) is 20.9. The lowest BCUT2D eigenvalue weighted by Gasteiger charge is -2.13. The van der Waals surface area contributed by atoms with Gasteiger partial charge < -0.3 is 14.8 Å². The molecule has 3 aromatic rings. The summed E-state index contributed by atoms with van der Waals surface area (Å²) in [6.45, 7) is 2.64. The molecule has 5 heteroatoms. The Bertz CT molecular complexity index is 944. The number of hydrogen-bond donors (Lipinski definition) is 1. The standard InChI is InChI=1S/C24H24BrNO3/c1-2-3-15-28-23-12-8-7-11-21(23)26-24(27)17-29-22-14-13-19(16-20(22)25)18-9-5-4-6-10-18/h4-14,16H,2-3,15,17H2,1H3,(H,26,27). The minimum absolute atomic E-state index is 0.0907. The van der Waals surface area contributed by atoms with E-state index in [-0.39, 0.29) is 12.5 Å². The molecular formula is C24H24BrNO3. The molecular weight excluding hydrogens is 430 g/mol. The maximum atomic E-state index is 12.4. The summed E-state index contributed by atoms with van der Waals surface area (Å²) < 4.78 is 12.3. The van der Waals surface area contributed by atoms with Crippen LogP contribution in [0.25, 0.3) is 11.1 Å². The fourth-order valence-electron chi connectivity index (χ4n) is 2.78. The number of anilines is 1. The minimum atomic E-state index is -0.240. The van der Waals surface area contributed by atoms with E-state index in [0.29, 0.717) is 23.8 Å². The van der Waals surface area contributed by atoms with Gasteiger partial charge in [-0.2, -0.15) is 0 Å². The summed E-state index contributed by atoms with van der Waals surface area (Å²) in [6, 6.07) is 23.3. The number of rotatable bonds is 9. The van der Waals surface area contributed by atoms with Crippen LogP contribution in [0.1, 0.15) is 19.8 Å². The van der Waals surface area contributed by atoms with E-state index in [1.54, 1.807) is 0 Å². The van der Waals surface area contributed by atoms with Crippen molar-refractivity contribution >= 4 is 27.5 Å². The first-order chi connectivity index (χ1) is 14.2. The van der Waals surface area contributed by atoms with E-state index in [1.165, 1.54) is 0 Å². The second kappa shape index (κ2) is 10.7. The molecule has 150 valence electrons. The van der Waals surface area contributed by atoms with E-state index in [4.69, 9.17) is 9.47 Å². The Kier molecular flexibility index (Phi) is 7.70. The second-order valence-electron chi connectivity index (χ2n) is 6.55. The number of ether oxygens (including phenoxy) is 2. The molecule has 0 aliphatic carbocycles. The van der Waals surface area contributed by atoms with Gasteiger partial charge in [-0.1, -0.05) is 61.9 Å². The van der Waals surface area contributed by atoms with Crippen molar-refractivity contribution in [1.82, 2.24) is 0 Å². The van der Waals surface area contributed by atoms with Crippen molar-refractivity contribution in [2.75, 3.05) is 18.5 Å². The number of para-hydroxylation sites is 2. The monoisotopic (exact) mass is 453 g/mol. The molecule has 29 heavy (non-hydrogen) atoms. The smallest absolute Gasteiger partial charge is 0.262 e. The number of benzene rings is 3. The Hall–Kier alpha value is -2.79. The van der Waals surface area contributed by atoms with Gasteiger partial charge in [-0.25, -0.2) is 0 Å². The summed E-state index contributed by atoms with van der Waals surface area (Å²) in [7, 11) is 0. The molecule has 0 fully saturated rings. The van der Waals surface area contributed by atoms with Crippen LogP contribution in [0.2, 0.25) is 0 Å². The van der Waals surface area contributed by atoms with Crippen molar-refractivity contribution < 1.29 is 14.3 Å². The predicted octanol–water partition coefficient (Wildman–Crippen LogP) is 6.31. The molecule has 0 radical (unpaired) electrons. The van der Waals surface area contributed by atoms with Crippen LogP contribution in [-0.4, -0.2) is 19.1 Å². The highest BCUT2D eigenvalue weighted by Crippen LogP contribution is 2.31. The SMILES string of the molecule is CCCCOc1ccccc1NC(=O)COc1ccc(-c2ccccc2)cc1Br. The quantitative estimate of drug-likeness (QED) is 0.386. The van der Waals surface area contributed by atoms with Gasteiger partial charge in [0.25, 0.3) is 5.91 Å². The Morgan fingerprint density at radius 2 is 1.66 bits per heavy atom. The zero-order chi connectivity index (χ0) is 20.5. The van der Waals surface area contributed by atoms with Gasteiger partial charge in [-0.15, -0.1) is 0 Å². The van der Waals surface area contributed by atoms with Crippen LogP contribution in [0, 0.1) is 0 Å². The first-order valence-corrected chi connectivity index (χ1v) is 10.5. The Labute approximate surface area is 180 Å². The van der Waals surface area contributed by atoms with E-state index >= 15 is 0 Å². The first-order valence-electron chi connectivity index (χ1n) is 9.67. The number of carbonyl (C=O) groups excluding carboxylic acids is 1. The fourth-order valence-corrected chi connectivity index (χ4v) is 3.27. The molecule has 0 aliphatic heterocycles.